The Bertz CT molecular complexity index is 818. The van der Waals surface area contributed by atoms with Gasteiger partial charge in [0, 0.05) is 30.6 Å². The highest BCUT2D eigenvalue weighted by Crippen LogP contribution is 2.14. The molecule has 0 amide bonds. The average Bonchev–Trinajstić information content (AvgIpc) is 3.04. The second-order valence-electron chi connectivity index (χ2n) is 4.89. The van der Waals surface area contributed by atoms with Gasteiger partial charge in [-0.2, -0.15) is 0 Å². The first-order valence-corrected chi connectivity index (χ1v) is 7.78. The largest absolute Gasteiger partial charge is 0.347 e. The second-order valence-corrected chi connectivity index (χ2v) is 5.84. The van der Waals surface area contributed by atoms with E-state index in [0.29, 0.717) is 6.42 Å². The SMILES string of the molecule is O=C(CCCn1ccc(=O)c2ccccc21)c1cccs1. The highest BCUT2D eigenvalue weighted by molar-refractivity contribution is 7.12. The fourth-order valence-electron chi connectivity index (χ4n) is 2.43. The molecule has 3 nitrogen and oxygen atoms in total. The first-order chi connectivity index (χ1) is 10.3. The van der Waals surface area contributed by atoms with Crippen LogP contribution in [0, 0.1) is 0 Å². The van der Waals surface area contributed by atoms with Crippen molar-refractivity contribution in [1.29, 1.82) is 0 Å². The van der Waals surface area contributed by atoms with Crippen LogP contribution < -0.4 is 5.43 Å². The smallest absolute Gasteiger partial charge is 0.189 e. The van der Waals surface area contributed by atoms with Crippen LogP contribution >= 0.6 is 11.3 Å². The Morgan fingerprint density at radius 2 is 1.95 bits per heavy atom. The number of carbonyl (C=O) groups excluding carboxylic acids is 1. The Kier molecular flexibility index (Phi) is 3.97. The van der Waals surface area contributed by atoms with Crippen LogP contribution in [0.25, 0.3) is 10.9 Å². The molecule has 0 atom stereocenters. The van der Waals surface area contributed by atoms with Crippen LogP contribution in [0.3, 0.4) is 0 Å². The van der Waals surface area contributed by atoms with Crippen LogP contribution in [-0.4, -0.2) is 10.4 Å². The van der Waals surface area contributed by atoms with Crippen molar-refractivity contribution in [3.05, 3.63) is 69.1 Å². The molecule has 0 bridgehead atoms. The lowest BCUT2D eigenvalue weighted by Gasteiger charge is -2.09. The topological polar surface area (TPSA) is 39.1 Å². The fraction of sp³-hybridized carbons (Fsp3) is 0.176. The highest BCUT2D eigenvalue weighted by Gasteiger charge is 2.07. The maximum atomic E-state index is 12.0. The van der Waals surface area contributed by atoms with E-state index in [1.54, 1.807) is 12.3 Å². The molecular formula is C17H15NO2S. The van der Waals surface area contributed by atoms with Crippen molar-refractivity contribution in [2.75, 3.05) is 0 Å². The van der Waals surface area contributed by atoms with E-state index in [9.17, 15) is 9.59 Å². The number of aromatic nitrogens is 1. The van der Waals surface area contributed by atoms with E-state index in [4.69, 9.17) is 0 Å². The summed E-state index contributed by atoms with van der Waals surface area (Å²) in [6.07, 6.45) is 3.10. The molecule has 3 aromatic rings. The maximum Gasteiger partial charge on any atom is 0.189 e. The third-order valence-corrected chi connectivity index (χ3v) is 4.39. The molecule has 0 spiro atoms. The zero-order valence-electron chi connectivity index (χ0n) is 11.5. The summed E-state index contributed by atoms with van der Waals surface area (Å²) >= 11 is 1.48. The Hall–Kier alpha value is -2.20. The molecule has 106 valence electrons. The number of ketones is 1. The lowest BCUT2D eigenvalue weighted by Crippen LogP contribution is -2.09. The van der Waals surface area contributed by atoms with E-state index in [1.165, 1.54) is 11.3 Å². The summed E-state index contributed by atoms with van der Waals surface area (Å²) in [5, 5.41) is 2.65. The van der Waals surface area contributed by atoms with Gasteiger partial charge in [-0.15, -0.1) is 11.3 Å². The Labute approximate surface area is 126 Å². The third kappa shape index (κ3) is 2.95. The van der Waals surface area contributed by atoms with E-state index < -0.39 is 0 Å². The summed E-state index contributed by atoms with van der Waals surface area (Å²) in [7, 11) is 0. The van der Waals surface area contributed by atoms with Crippen molar-refractivity contribution < 1.29 is 4.79 Å². The van der Waals surface area contributed by atoms with Crippen molar-refractivity contribution in [2.45, 2.75) is 19.4 Å². The van der Waals surface area contributed by atoms with Gasteiger partial charge in [-0.25, -0.2) is 0 Å². The van der Waals surface area contributed by atoms with Gasteiger partial charge in [0.25, 0.3) is 0 Å². The molecule has 4 heteroatoms. The number of thiophene rings is 1. The molecule has 0 aliphatic carbocycles. The number of fused-ring (bicyclic) bond motifs is 1. The monoisotopic (exact) mass is 297 g/mol. The number of nitrogens with zero attached hydrogens (tertiary/aromatic N) is 1. The van der Waals surface area contributed by atoms with Crippen LogP contribution in [-0.2, 0) is 6.54 Å². The van der Waals surface area contributed by atoms with Gasteiger partial charge in [-0.1, -0.05) is 18.2 Å². The van der Waals surface area contributed by atoms with Crippen LogP contribution in [0.2, 0.25) is 0 Å². The molecular weight excluding hydrogens is 282 g/mol. The van der Waals surface area contributed by atoms with Crippen LogP contribution in [0.5, 0.6) is 0 Å². The zero-order valence-corrected chi connectivity index (χ0v) is 12.3. The number of rotatable bonds is 5. The molecule has 1 aromatic carbocycles. The van der Waals surface area contributed by atoms with E-state index in [0.717, 1.165) is 28.7 Å². The molecule has 3 rings (SSSR count). The molecule has 0 fully saturated rings. The normalized spacial score (nSPS) is 10.9. The summed E-state index contributed by atoms with van der Waals surface area (Å²) in [4.78, 5) is 24.6. The molecule has 0 saturated heterocycles. The number of Topliss-reactive ketones (excluding diaryl/α,β-unsaturated/α-hetero) is 1. The summed E-state index contributed by atoms with van der Waals surface area (Å²) in [6.45, 7) is 0.734. The molecule has 0 aliphatic heterocycles. The Morgan fingerprint density at radius 3 is 2.76 bits per heavy atom. The number of pyridine rings is 1. The number of para-hydroxylation sites is 1. The Morgan fingerprint density at radius 1 is 1.10 bits per heavy atom. The van der Waals surface area contributed by atoms with Crippen LogP contribution in [0.1, 0.15) is 22.5 Å². The maximum absolute atomic E-state index is 12.0. The van der Waals surface area contributed by atoms with Gasteiger partial charge in [0.2, 0.25) is 0 Å². The lowest BCUT2D eigenvalue weighted by atomic mass is 10.1. The average molecular weight is 297 g/mol. The third-order valence-electron chi connectivity index (χ3n) is 3.48. The summed E-state index contributed by atoms with van der Waals surface area (Å²) in [5.41, 5.74) is 0.963. The number of aryl methyl sites for hydroxylation is 1. The van der Waals surface area contributed by atoms with Gasteiger partial charge in [-0.3, -0.25) is 9.59 Å². The van der Waals surface area contributed by atoms with Gasteiger partial charge in [-0.05, 0) is 30.0 Å². The standard InChI is InChI=1S/C17H15NO2S/c19-15-9-11-18(14-6-2-1-5-13(14)15)10-3-7-16(20)17-8-4-12-21-17/h1-2,4-6,8-9,11-12H,3,7,10H2. The molecule has 0 unspecified atom stereocenters. The van der Waals surface area contributed by atoms with Gasteiger partial charge in [0.1, 0.15) is 0 Å². The zero-order chi connectivity index (χ0) is 14.7. The van der Waals surface area contributed by atoms with Gasteiger partial charge in [0.15, 0.2) is 11.2 Å². The molecule has 21 heavy (non-hydrogen) atoms. The number of hydrogen-bond acceptors (Lipinski definition) is 3. The number of benzene rings is 1. The summed E-state index contributed by atoms with van der Waals surface area (Å²) in [5.74, 6) is 0.190. The summed E-state index contributed by atoms with van der Waals surface area (Å²) in [6, 6.07) is 12.9. The minimum atomic E-state index is 0.0384. The fourth-order valence-corrected chi connectivity index (χ4v) is 3.12. The minimum Gasteiger partial charge on any atom is -0.347 e. The molecule has 0 radical (unpaired) electrons. The van der Waals surface area contributed by atoms with E-state index in [2.05, 4.69) is 0 Å². The van der Waals surface area contributed by atoms with Crippen molar-refractivity contribution in [1.82, 2.24) is 4.57 Å². The first kappa shape index (κ1) is 13.8. The van der Waals surface area contributed by atoms with E-state index in [1.807, 2.05) is 46.3 Å². The first-order valence-electron chi connectivity index (χ1n) is 6.90. The van der Waals surface area contributed by atoms with Crippen molar-refractivity contribution in [3.63, 3.8) is 0 Å². The van der Waals surface area contributed by atoms with Crippen molar-refractivity contribution in [2.24, 2.45) is 0 Å². The van der Waals surface area contributed by atoms with Gasteiger partial charge < -0.3 is 4.57 Å². The molecule has 0 saturated carbocycles. The van der Waals surface area contributed by atoms with Crippen LogP contribution in [0.15, 0.2) is 58.8 Å². The summed E-state index contributed by atoms with van der Waals surface area (Å²) < 4.78 is 2.04. The molecule has 2 heterocycles. The number of hydrogen-bond donors (Lipinski definition) is 0. The van der Waals surface area contributed by atoms with E-state index >= 15 is 0 Å². The molecule has 2 aromatic heterocycles. The minimum absolute atomic E-state index is 0.0384. The lowest BCUT2D eigenvalue weighted by molar-refractivity contribution is 0.0982. The quantitative estimate of drug-likeness (QED) is 0.673. The molecule has 0 aliphatic rings. The van der Waals surface area contributed by atoms with Gasteiger partial charge >= 0.3 is 0 Å². The highest BCUT2D eigenvalue weighted by atomic mass is 32.1. The van der Waals surface area contributed by atoms with Crippen LogP contribution in [0.4, 0.5) is 0 Å². The van der Waals surface area contributed by atoms with E-state index in [-0.39, 0.29) is 11.2 Å². The predicted molar refractivity (Wildman–Crippen MR) is 86.1 cm³/mol. The van der Waals surface area contributed by atoms with Crippen molar-refractivity contribution in [3.8, 4) is 0 Å². The van der Waals surface area contributed by atoms with Gasteiger partial charge in [0.05, 0.1) is 10.4 Å². The van der Waals surface area contributed by atoms with Crippen molar-refractivity contribution >= 4 is 28.0 Å². The Balaban J connectivity index is 1.73. The second kappa shape index (κ2) is 6.06. The molecule has 0 N–H and O–H groups in total. The predicted octanol–water partition coefficient (Wildman–Crippen LogP) is 3.73. The number of carbonyl (C=O) groups is 1.